The van der Waals surface area contributed by atoms with E-state index < -0.39 is 11.6 Å². The fraction of sp³-hybridized carbons (Fsp3) is 0.385. The molecule has 1 rings (SSSR count). The molecule has 1 aromatic carbocycles. The van der Waals surface area contributed by atoms with E-state index in [1.165, 1.54) is 13.2 Å². The molecule has 19 heavy (non-hydrogen) atoms. The quantitative estimate of drug-likeness (QED) is 0.870. The maximum atomic E-state index is 11.8. The summed E-state index contributed by atoms with van der Waals surface area (Å²) < 4.78 is 5.63. The van der Waals surface area contributed by atoms with Crippen LogP contribution in [-0.4, -0.2) is 29.7 Å². The highest BCUT2D eigenvalue weighted by atomic mass is 79.9. The van der Waals surface area contributed by atoms with Gasteiger partial charge in [-0.15, -0.1) is 0 Å². The molecule has 0 spiro atoms. The summed E-state index contributed by atoms with van der Waals surface area (Å²) >= 11 is 3.14. The standard InChI is InChI=1S/C13H16BrNO4/c1-13(2,19-3)7-11(16)15-8-4-5-10(14)9(6-8)12(17)18/h4-6H,7H2,1-3H3,(H,15,16)(H,17,18). The van der Waals surface area contributed by atoms with Crippen LogP contribution in [0.1, 0.15) is 30.6 Å². The highest BCUT2D eigenvalue weighted by Crippen LogP contribution is 2.22. The number of amides is 1. The molecule has 5 nitrogen and oxygen atoms in total. The molecule has 2 N–H and O–H groups in total. The van der Waals surface area contributed by atoms with Crippen LogP contribution in [0.15, 0.2) is 22.7 Å². The van der Waals surface area contributed by atoms with Gasteiger partial charge < -0.3 is 15.2 Å². The number of hydrogen-bond donors (Lipinski definition) is 2. The number of hydrogen-bond acceptors (Lipinski definition) is 3. The Labute approximate surface area is 120 Å². The molecule has 0 aliphatic carbocycles. The van der Waals surface area contributed by atoms with E-state index in [1.807, 2.05) is 0 Å². The lowest BCUT2D eigenvalue weighted by Gasteiger charge is -2.22. The van der Waals surface area contributed by atoms with Crippen molar-refractivity contribution in [3.8, 4) is 0 Å². The SMILES string of the molecule is COC(C)(C)CC(=O)Nc1ccc(Br)c(C(=O)O)c1. The topological polar surface area (TPSA) is 75.6 Å². The van der Waals surface area contributed by atoms with Crippen molar-refractivity contribution >= 4 is 33.5 Å². The molecule has 1 aromatic rings. The minimum Gasteiger partial charge on any atom is -0.478 e. The second kappa shape index (κ2) is 6.16. The number of carboxylic acid groups (broad SMARTS) is 1. The van der Waals surface area contributed by atoms with Crippen LogP contribution in [0.25, 0.3) is 0 Å². The lowest BCUT2D eigenvalue weighted by Crippen LogP contribution is -2.29. The van der Waals surface area contributed by atoms with Gasteiger partial charge in [0.1, 0.15) is 0 Å². The third-order valence-corrected chi connectivity index (χ3v) is 3.31. The van der Waals surface area contributed by atoms with Gasteiger partial charge in [-0.3, -0.25) is 4.79 Å². The number of anilines is 1. The van der Waals surface area contributed by atoms with E-state index in [4.69, 9.17) is 9.84 Å². The Morgan fingerprint density at radius 1 is 1.42 bits per heavy atom. The van der Waals surface area contributed by atoms with Gasteiger partial charge in [-0.05, 0) is 48.0 Å². The molecule has 1 amide bonds. The van der Waals surface area contributed by atoms with Crippen LogP contribution in [0, 0.1) is 0 Å². The first-order valence-corrected chi connectivity index (χ1v) is 6.42. The molecule has 0 atom stereocenters. The Balaban J connectivity index is 2.81. The summed E-state index contributed by atoms with van der Waals surface area (Å²) in [6.07, 6.45) is 0.183. The summed E-state index contributed by atoms with van der Waals surface area (Å²) in [5, 5.41) is 11.6. The lowest BCUT2D eigenvalue weighted by molar-refractivity contribution is -0.121. The summed E-state index contributed by atoms with van der Waals surface area (Å²) in [6, 6.07) is 4.62. The van der Waals surface area contributed by atoms with Gasteiger partial charge in [0.15, 0.2) is 0 Å². The number of halogens is 1. The van der Waals surface area contributed by atoms with E-state index in [0.29, 0.717) is 10.2 Å². The van der Waals surface area contributed by atoms with E-state index in [9.17, 15) is 9.59 Å². The lowest BCUT2D eigenvalue weighted by atomic mass is 10.0. The van der Waals surface area contributed by atoms with E-state index >= 15 is 0 Å². The van der Waals surface area contributed by atoms with Crippen LogP contribution in [0.4, 0.5) is 5.69 Å². The zero-order chi connectivity index (χ0) is 14.6. The summed E-state index contributed by atoms with van der Waals surface area (Å²) in [4.78, 5) is 22.8. The Bertz CT molecular complexity index is 499. The van der Waals surface area contributed by atoms with Gasteiger partial charge in [-0.2, -0.15) is 0 Å². The van der Waals surface area contributed by atoms with E-state index in [2.05, 4.69) is 21.2 Å². The number of benzene rings is 1. The second-order valence-electron chi connectivity index (χ2n) is 4.69. The molecule has 0 bridgehead atoms. The van der Waals surface area contributed by atoms with Crippen LogP contribution < -0.4 is 5.32 Å². The molecule has 0 radical (unpaired) electrons. The van der Waals surface area contributed by atoms with Crippen molar-refractivity contribution in [1.82, 2.24) is 0 Å². The van der Waals surface area contributed by atoms with Crippen LogP contribution in [-0.2, 0) is 9.53 Å². The van der Waals surface area contributed by atoms with Crippen LogP contribution in [0.3, 0.4) is 0 Å². The Kier molecular flexibility index (Phi) is 5.08. The number of carbonyl (C=O) groups excluding carboxylic acids is 1. The highest BCUT2D eigenvalue weighted by molar-refractivity contribution is 9.10. The fourth-order valence-electron chi connectivity index (χ4n) is 1.43. The molecule has 0 aliphatic heterocycles. The third kappa shape index (κ3) is 4.65. The van der Waals surface area contributed by atoms with Crippen molar-refractivity contribution in [3.05, 3.63) is 28.2 Å². The summed E-state index contributed by atoms with van der Waals surface area (Å²) in [7, 11) is 1.54. The maximum Gasteiger partial charge on any atom is 0.336 e. The third-order valence-electron chi connectivity index (χ3n) is 2.62. The molecule has 0 fully saturated rings. The molecule has 0 aliphatic rings. The Hall–Kier alpha value is -1.40. The highest BCUT2D eigenvalue weighted by Gasteiger charge is 2.21. The minimum atomic E-state index is -1.06. The first kappa shape index (κ1) is 15.7. The number of nitrogens with one attached hydrogen (secondary N) is 1. The van der Waals surface area contributed by atoms with Gasteiger partial charge >= 0.3 is 5.97 Å². The minimum absolute atomic E-state index is 0.101. The van der Waals surface area contributed by atoms with Gasteiger partial charge in [0.2, 0.25) is 5.91 Å². The number of aromatic carboxylic acids is 1. The first-order valence-electron chi connectivity index (χ1n) is 5.63. The molecular formula is C13H16BrNO4. The van der Waals surface area contributed by atoms with Crippen LogP contribution >= 0.6 is 15.9 Å². The normalized spacial score (nSPS) is 11.2. The number of carbonyl (C=O) groups is 2. The summed E-state index contributed by atoms with van der Waals surface area (Å²) in [6.45, 7) is 3.60. The van der Waals surface area contributed by atoms with Crippen molar-refractivity contribution in [1.29, 1.82) is 0 Å². The van der Waals surface area contributed by atoms with Crippen molar-refractivity contribution < 1.29 is 19.4 Å². The molecule has 0 heterocycles. The summed E-state index contributed by atoms with van der Waals surface area (Å²) in [5.74, 6) is -1.29. The maximum absolute atomic E-state index is 11.8. The van der Waals surface area contributed by atoms with Crippen molar-refractivity contribution in [2.45, 2.75) is 25.9 Å². The smallest absolute Gasteiger partial charge is 0.336 e. The largest absolute Gasteiger partial charge is 0.478 e. The molecule has 0 aromatic heterocycles. The van der Waals surface area contributed by atoms with Crippen molar-refractivity contribution in [3.63, 3.8) is 0 Å². The zero-order valence-electron chi connectivity index (χ0n) is 11.0. The monoisotopic (exact) mass is 329 g/mol. The number of ether oxygens (including phenoxy) is 1. The van der Waals surface area contributed by atoms with E-state index in [1.54, 1.807) is 26.0 Å². The van der Waals surface area contributed by atoms with E-state index in [0.717, 1.165) is 0 Å². The molecule has 104 valence electrons. The molecule has 0 saturated heterocycles. The van der Waals surface area contributed by atoms with Gasteiger partial charge in [0.05, 0.1) is 17.6 Å². The Morgan fingerprint density at radius 2 is 2.05 bits per heavy atom. The molecule has 0 unspecified atom stereocenters. The van der Waals surface area contributed by atoms with Crippen molar-refractivity contribution in [2.24, 2.45) is 0 Å². The number of methoxy groups -OCH3 is 1. The average molecular weight is 330 g/mol. The van der Waals surface area contributed by atoms with Gasteiger partial charge in [-0.25, -0.2) is 4.79 Å². The fourth-order valence-corrected chi connectivity index (χ4v) is 1.85. The first-order chi connectivity index (χ1) is 8.75. The van der Waals surface area contributed by atoms with Crippen LogP contribution in [0.5, 0.6) is 0 Å². The zero-order valence-corrected chi connectivity index (χ0v) is 12.6. The second-order valence-corrected chi connectivity index (χ2v) is 5.54. The van der Waals surface area contributed by atoms with Crippen LogP contribution in [0.2, 0.25) is 0 Å². The van der Waals surface area contributed by atoms with E-state index in [-0.39, 0.29) is 17.9 Å². The van der Waals surface area contributed by atoms with Gasteiger partial charge in [-0.1, -0.05) is 0 Å². The number of carboxylic acids is 1. The van der Waals surface area contributed by atoms with Gasteiger partial charge in [0, 0.05) is 17.3 Å². The molecule has 6 heteroatoms. The molecule has 0 saturated carbocycles. The number of rotatable bonds is 5. The van der Waals surface area contributed by atoms with Crippen molar-refractivity contribution in [2.75, 3.05) is 12.4 Å². The Morgan fingerprint density at radius 3 is 2.58 bits per heavy atom. The predicted octanol–water partition coefficient (Wildman–Crippen LogP) is 2.90. The predicted molar refractivity (Wildman–Crippen MR) is 75.4 cm³/mol. The molecular weight excluding hydrogens is 314 g/mol. The van der Waals surface area contributed by atoms with Gasteiger partial charge in [0.25, 0.3) is 0 Å². The average Bonchev–Trinajstić information content (AvgIpc) is 2.30. The summed E-state index contributed by atoms with van der Waals surface area (Å²) in [5.41, 5.74) is -0.0176.